The van der Waals surface area contributed by atoms with Gasteiger partial charge in [0, 0.05) is 29.9 Å². The molecular formula is C21H19N7. The number of hydrogen-bond acceptors (Lipinski definition) is 5. The monoisotopic (exact) mass is 369 g/mol. The Hall–Kier alpha value is -3.61. The minimum Gasteiger partial charge on any atom is -0.272 e. The SMILES string of the molecule is CCCn1cc(-c2ccc3nnn(Cc4ccc5ncccc5c4)c3n2)cn1. The van der Waals surface area contributed by atoms with E-state index in [0.29, 0.717) is 6.54 Å². The number of benzene rings is 1. The fourth-order valence-corrected chi connectivity index (χ4v) is 3.36. The van der Waals surface area contributed by atoms with E-state index in [4.69, 9.17) is 4.98 Å². The van der Waals surface area contributed by atoms with Crippen molar-refractivity contribution in [1.29, 1.82) is 0 Å². The number of fused-ring (bicyclic) bond motifs is 2. The Labute approximate surface area is 161 Å². The van der Waals surface area contributed by atoms with E-state index in [9.17, 15) is 0 Å². The molecule has 0 aliphatic heterocycles. The molecule has 0 radical (unpaired) electrons. The predicted molar refractivity (Wildman–Crippen MR) is 108 cm³/mol. The largest absolute Gasteiger partial charge is 0.272 e. The van der Waals surface area contributed by atoms with Crippen LogP contribution < -0.4 is 0 Å². The van der Waals surface area contributed by atoms with E-state index >= 15 is 0 Å². The number of hydrogen-bond donors (Lipinski definition) is 0. The second-order valence-electron chi connectivity index (χ2n) is 6.81. The van der Waals surface area contributed by atoms with Crippen LogP contribution in [0.3, 0.4) is 0 Å². The van der Waals surface area contributed by atoms with Crippen LogP contribution in [0.5, 0.6) is 0 Å². The van der Waals surface area contributed by atoms with Gasteiger partial charge in [0.1, 0.15) is 5.52 Å². The number of aryl methyl sites for hydroxylation is 1. The van der Waals surface area contributed by atoms with Gasteiger partial charge in [-0.25, -0.2) is 9.67 Å². The maximum Gasteiger partial charge on any atom is 0.179 e. The molecule has 7 nitrogen and oxygen atoms in total. The van der Waals surface area contributed by atoms with E-state index in [-0.39, 0.29) is 0 Å². The predicted octanol–water partition coefficient (Wildman–Crippen LogP) is 3.70. The molecule has 7 heteroatoms. The molecule has 0 bridgehead atoms. The molecule has 1 aromatic carbocycles. The van der Waals surface area contributed by atoms with Gasteiger partial charge in [-0.1, -0.05) is 24.3 Å². The second-order valence-corrected chi connectivity index (χ2v) is 6.81. The smallest absolute Gasteiger partial charge is 0.179 e. The van der Waals surface area contributed by atoms with Crippen LogP contribution in [0.15, 0.2) is 61.1 Å². The van der Waals surface area contributed by atoms with Crippen molar-refractivity contribution in [3.05, 3.63) is 66.6 Å². The fourth-order valence-electron chi connectivity index (χ4n) is 3.36. The molecule has 4 heterocycles. The van der Waals surface area contributed by atoms with Gasteiger partial charge in [-0.05, 0) is 42.3 Å². The summed E-state index contributed by atoms with van der Waals surface area (Å²) in [5.74, 6) is 0. The van der Waals surface area contributed by atoms with Crippen LogP contribution in [-0.4, -0.2) is 34.7 Å². The summed E-state index contributed by atoms with van der Waals surface area (Å²) in [6.07, 6.45) is 6.74. The van der Waals surface area contributed by atoms with E-state index in [1.54, 1.807) is 6.20 Å². The molecule has 0 aliphatic rings. The molecule has 5 rings (SSSR count). The molecule has 0 unspecified atom stereocenters. The maximum absolute atomic E-state index is 4.81. The van der Waals surface area contributed by atoms with Crippen LogP contribution in [-0.2, 0) is 13.1 Å². The molecule has 138 valence electrons. The Morgan fingerprint density at radius 2 is 1.96 bits per heavy atom. The van der Waals surface area contributed by atoms with Crippen LogP contribution in [0, 0.1) is 0 Å². The average Bonchev–Trinajstić information content (AvgIpc) is 3.35. The summed E-state index contributed by atoms with van der Waals surface area (Å²) in [6.45, 7) is 3.64. The molecule has 0 amide bonds. The van der Waals surface area contributed by atoms with Gasteiger partial charge in [-0.15, -0.1) is 5.10 Å². The topological polar surface area (TPSA) is 74.3 Å². The first-order valence-electron chi connectivity index (χ1n) is 9.37. The number of nitrogens with zero attached hydrogens (tertiary/aromatic N) is 7. The first-order valence-corrected chi connectivity index (χ1v) is 9.37. The lowest BCUT2D eigenvalue weighted by Crippen LogP contribution is -2.03. The standard InChI is InChI=1S/C21H19N7/c1-2-10-27-14-17(12-23-27)19-7-8-20-21(24-19)28(26-25-20)13-15-5-6-18-16(11-15)4-3-9-22-18/h3-9,11-12,14H,2,10,13H2,1H3. The van der Waals surface area contributed by atoms with Crippen LogP contribution in [0.1, 0.15) is 18.9 Å². The molecule has 0 N–H and O–H groups in total. The van der Waals surface area contributed by atoms with Crippen molar-refractivity contribution < 1.29 is 0 Å². The van der Waals surface area contributed by atoms with E-state index in [1.165, 1.54) is 0 Å². The Bertz CT molecular complexity index is 1270. The first kappa shape index (κ1) is 16.6. The number of rotatable bonds is 5. The highest BCUT2D eigenvalue weighted by molar-refractivity contribution is 5.79. The van der Waals surface area contributed by atoms with E-state index in [0.717, 1.165) is 51.9 Å². The highest BCUT2D eigenvalue weighted by Gasteiger charge is 2.11. The number of aromatic nitrogens is 7. The van der Waals surface area contributed by atoms with Crippen molar-refractivity contribution in [2.45, 2.75) is 26.4 Å². The zero-order valence-electron chi connectivity index (χ0n) is 15.5. The normalized spacial score (nSPS) is 11.5. The Morgan fingerprint density at radius 3 is 2.89 bits per heavy atom. The lowest BCUT2D eigenvalue weighted by atomic mass is 10.1. The molecule has 28 heavy (non-hydrogen) atoms. The van der Waals surface area contributed by atoms with Crippen LogP contribution in [0.4, 0.5) is 0 Å². The van der Waals surface area contributed by atoms with Gasteiger partial charge in [-0.2, -0.15) is 5.10 Å². The third-order valence-corrected chi connectivity index (χ3v) is 4.74. The second kappa shape index (κ2) is 6.84. The average molecular weight is 369 g/mol. The Morgan fingerprint density at radius 1 is 1.04 bits per heavy atom. The van der Waals surface area contributed by atoms with Crippen molar-refractivity contribution in [3.63, 3.8) is 0 Å². The summed E-state index contributed by atoms with van der Waals surface area (Å²) < 4.78 is 3.78. The van der Waals surface area contributed by atoms with Gasteiger partial charge in [-0.3, -0.25) is 9.67 Å². The van der Waals surface area contributed by atoms with Crippen molar-refractivity contribution in [3.8, 4) is 11.3 Å². The van der Waals surface area contributed by atoms with Crippen molar-refractivity contribution >= 4 is 22.1 Å². The van der Waals surface area contributed by atoms with Crippen molar-refractivity contribution in [2.24, 2.45) is 0 Å². The fraction of sp³-hybridized carbons (Fsp3) is 0.190. The summed E-state index contributed by atoms with van der Waals surface area (Å²) in [6, 6.07) is 14.2. The minimum absolute atomic E-state index is 0.604. The minimum atomic E-state index is 0.604. The third kappa shape index (κ3) is 3.00. The maximum atomic E-state index is 4.81. The van der Waals surface area contributed by atoms with Gasteiger partial charge in [0.2, 0.25) is 0 Å². The van der Waals surface area contributed by atoms with Crippen LogP contribution >= 0.6 is 0 Å². The quantitative estimate of drug-likeness (QED) is 0.472. The molecule has 0 aliphatic carbocycles. The van der Waals surface area contributed by atoms with Gasteiger partial charge >= 0.3 is 0 Å². The Balaban J connectivity index is 1.50. The molecule has 5 aromatic rings. The molecule has 0 spiro atoms. The molecule has 0 saturated heterocycles. The van der Waals surface area contributed by atoms with E-state index in [2.05, 4.69) is 45.5 Å². The van der Waals surface area contributed by atoms with Gasteiger partial charge in [0.25, 0.3) is 0 Å². The first-order chi connectivity index (χ1) is 13.8. The Kier molecular flexibility index (Phi) is 4.05. The van der Waals surface area contributed by atoms with Crippen LogP contribution in [0.2, 0.25) is 0 Å². The van der Waals surface area contributed by atoms with E-state index < -0.39 is 0 Å². The van der Waals surface area contributed by atoms with E-state index in [1.807, 2.05) is 46.0 Å². The summed E-state index contributed by atoms with van der Waals surface area (Å²) in [4.78, 5) is 9.18. The van der Waals surface area contributed by atoms with Gasteiger partial charge in [0.05, 0.1) is 24.0 Å². The highest BCUT2D eigenvalue weighted by Crippen LogP contribution is 2.21. The zero-order chi connectivity index (χ0) is 18.9. The summed E-state index contributed by atoms with van der Waals surface area (Å²) >= 11 is 0. The molecule has 0 atom stereocenters. The van der Waals surface area contributed by atoms with Crippen molar-refractivity contribution in [2.75, 3.05) is 0 Å². The van der Waals surface area contributed by atoms with Crippen molar-refractivity contribution in [1.82, 2.24) is 34.7 Å². The summed E-state index contributed by atoms with van der Waals surface area (Å²) in [5, 5.41) is 14.1. The molecule has 4 aromatic heterocycles. The summed E-state index contributed by atoms with van der Waals surface area (Å²) in [5.41, 5.74) is 5.55. The highest BCUT2D eigenvalue weighted by atomic mass is 15.4. The number of pyridine rings is 2. The lowest BCUT2D eigenvalue weighted by molar-refractivity contribution is 0.603. The molecule has 0 saturated carbocycles. The zero-order valence-corrected chi connectivity index (χ0v) is 15.5. The lowest BCUT2D eigenvalue weighted by Gasteiger charge is -2.05. The van der Waals surface area contributed by atoms with Crippen LogP contribution in [0.25, 0.3) is 33.3 Å². The molecular weight excluding hydrogens is 350 g/mol. The van der Waals surface area contributed by atoms with Gasteiger partial charge < -0.3 is 0 Å². The van der Waals surface area contributed by atoms with Gasteiger partial charge in [0.15, 0.2) is 5.65 Å². The summed E-state index contributed by atoms with van der Waals surface area (Å²) in [7, 11) is 0. The third-order valence-electron chi connectivity index (χ3n) is 4.74. The molecule has 0 fully saturated rings.